The number of nitrogens with zero attached hydrogens (tertiary/aromatic N) is 3. The van der Waals surface area contributed by atoms with Crippen molar-refractivity contribution in [1.29, 1.82) is 5.26 Å². The molecule has 0 aliphatic rings. The molecule has 0 aliphatic carbocycles. The molecule has 1 aromatic heterocycles. The van der Waals surface area contributed by atoms with Crippen LogP contribution in [0.5, 0.6) is 0 Å². The lowest BCUT2D eigenvalue weighted by atomic mass is 10.1. The first-order valence-electron chi connectivity index (χ1n) is 5.52. The van der Waals surface area contributed by atoms with Gasteiger partial charge in [-0.1, -0.05) is 15.9 Å². The van der Waals surface area contributed by atoms with Gasteiger partial charge in [0.2, 0.25) is 0 Å². The third kappa shape index (κ3) is 3.01. The van der Waals surface area contributed by atoms with Crippen molar-refractivity contribution in [2.24, 2.45) is 7.05 Å². The van der Waals surface area contributed by atoms with E-state index in [4.69, 9.17) is 5.26 Å². The van der Waals surface area contributed by atoms with Crippen LogP contribution in [0.25, 0.3) is 0 Å². The van der Waals surface area contributed by atoms with Gasteiger partial charge in [-0.2, -0.15) is 10.4 Å². The van der Waals surface area contributed by atoms with E-state index in [0.29, 0.717) is 11.1 Å². The van der Waals surface area contributed by atoms with E-state index >= 15 is 0 Å². The number of hydrogen-bond acceptors (Lipinski definition) is 3. The number of hydrogen-bond donors (Lipinski definition) is 1. The smallest absolute Gasteiger partial charge is 0.256 e. The average Bonchev–Trinajstić information content (AvgIpc) is 2.68. The lowest BCUT2D eigenvalue weighted by Gasteiger charge is -2.04. The summed E-state index contributed by atoms with van der Waals surface area (Å²) in [5, 5.41) is 15.6. The lowest BCUT2D eigenvalue weighted by molar-refractivity contribution is 0.102. The number of aryl methyl sites for hydroxylation is 2. The zero-order chi connectivity index (χ0) is 14.0. The summed E-state index contributed by atoms with van der Waals surface area (Å²) in [6.45, 7) is 1.91. The average molecular weight is 319 g/mol. The first kappa shape index (κ1) is 13.3. The minimum Gasteiger partial charge on any atom is -0.304 e. The van der Waals surface area contributed by atoms with Crippen LogP contribution in [0.1, 0.15) is 21.5 Å². The highest BCUT2D eigenvalue weighted by molar-refractivity contribution is 9.10. The molecule has 1 N–H and O–H groups in total. The van der Waals surface area contributed by atoms with Gasteiger partial charge in [-0.3, -0.25) is 9.48 Å². The lowest BCUT2D eigenvalue weighted by Crippen LogP contribution is -2.13. The molecule has 1 amide bonds. The topological polar surface area (TPSA) is 70.7 Å². The molecule has 0 radical (unpaired) electrons. The van der Waals surface area contributed by atoms with Gasteiger partial charge in [0.25, 0.3) is 5.91 Å². The second kappa shape index (κ2) is 5.24. The monoisotopic (exact) mass is 318 g/mol. The molecule has 1 heterocycles. The molecule has 5 nitrogen and oxygen atoms in total. The van der Waals surface area contributed by atoms with Crippen molar-refractivity contribution in [3.05, 3.63) is 45.6 Å². The number of halogens is 1. The van der Waals surface area contributed by atoms with Crippen LogP contribution < -0.4 is 5.32 Å². The van der Waals surface area contributed by atoms with Crippen LogP contribution in [0, 0.1) is 18.3 Å². The number of nitriles is 1. The molecule has 2 aromatic rings. The normalized spacial score (nSPS) is 10.0. The van der Waals surface area contributed by atoms with Crippen LogP contribution >= 0.6 is 15.9 Å². The van der Waals surface area contributed by atoms with Crippen molar-refractivity contribution >= 4 is 27.7 Å². The molecule has 0 bridgehead atoms. The summed E-state index contributed by atoms with van der Waals surface area (Å²) in [7, 11) is 1.69. The summed E-state index contributed by atoms with van der Waals surface area (Å²) < 4.78 is 2.32. The van der Waals surface area contributed by atoms with Gasteiger partial charge >= 0.3 is 0 Å². The SMILES string of the molecule is Cc1cc(Br)cc(C(=O)Nc2nn(C)cc2C#N)c1. The Kier molecular flexibility index (Phi) is 3.67. The van der Waals surface area contributed by atoms with Crippen molar-refractivity contribution in [2.75, 3.05) is 5.32 Å². The Hall–Kier alpha value is -2.13. The number of carbonyl (C=O) groups is 1. The van der Waals surface area contributed by atoms with Crippen molar-refractivity contribution in [3.63, 3.8) is 0 Å². The molecular formula is C13H11BrN4O. The number of nitrogens with one attached hydrogen (secondary N) is 1. The van der Waals surface area contributed by atoms with Crippen LogP contribution in [0.4, 0.5) is 5.82 Å². The van der Waals surface area contributed by atoms with Crippen LogP contribution in [-0.2, 0) is 7.05 Å². The molecule has 0 unspecified atom stereocenters. The second-order valence-electron chi connectivity index (χ2n) is 4.15. The Labute approximate surface area is 119 Å². The minimum absolute atomic E-state index is 0.271. The minimum atomic E-state index is -0.292. The summed E-state index contributed by atoms with van der Waals surface area (Å²) in [4.78, 5) is 12.1. The number of anilines is 1. The van der Waals surface area contributed by atoms with Gasteiger partial charge in [0.15, 0.2) is 5.82 Å². The third-order valence-electron chi connectivity index (χ3n) is 2.49. The summed E-state index contributed by atoms with van der Waals surface area (Å²) >= 11 is 3.35. The highest BCUT2D eigenvalue weighted by atomic mass is 79.9. The molecule has 0 saturated heterocycles. The van der Waals surface area contributed by atoms with Crippen molar-refractivity contribution in [3.8, 4) is 6.07 Å². The van der Waals surface area contributed by atoms with Crippen LogP contribution in [0.15, 0.2) is 28.9 Å². The van der Waals surface area contributed by atoms with Crippen molar-refractivity contribution in [1.82, 2.24) is 9.78 Å². The highest BCUT2D eigenvalue weighted by Crippen LogP contribution is 2.17. The van der Waals surface area contributed by atoms with E-state index in [1.807, 2.05) is 19.1 Å². The fourth-order valence-electron chi connectivity index (χ4n) is 1.71. The van der Waals surface area contributed by atoms with Crippen LogP contribution in [0.3, 0.4) is 0 Å². The van der Waals surface area contributed by atoms with E-state index in [2.05, 4.69) is 26.3 Å². The van der Waals surface area contributed by atoms with Gasteiger partial charge in [0.05, 0.1) is 0 Å². The van der Waals surface area contributed by atoms with Gasteiger partial charge in [-0.05, 0) is 30.7 Å². The molecule has 0 aliphatic heterocycles. The summed E-state index contributed by atoms with van der Waals surface area (Å²) in [6.07, 6.45) is 1.56. The predicted octanol–water partition coefficient (Wildman–Crippen LogP) is 2.62. The first-order chi connectivity index (χ1) is 8.99. The Morgan fingerprint density at radius 2 is 2.21 bits per heavy atom. The Bertz CT molecular complexity index is 664. The van der Waals surface area contributed by atoms with E-state index in [1.165, 1.54) is 4.68 Å². The summed E-state index contributed by atoms with van der Waals surface area (Å²) in [5.74, 6) is -0.0211. The number of benzene rings is 1. The molecule has 96 valence electrons. The zero-order valence-corrected chi connectivity index (χ0v) is 12.0. The van der Waals surface area contributed by atoms with Gasteiger partial charge in [0, 0.05) is 23.3 Å². The number of rotatable bonds is 2. The fraction of sp³-hybridized carbons (Fsp3) is 0.154. The molecule has 0 saturated carbocycles. The van der Waals surface area contributed by atoms with E-state index < -0.39 is 0 Å². The van der Waals surface area contributed by atoms with Gasteiger partial charge in [-0.15, -0.1) is 0 Å². The standard InChI is InChI=1S/C13H11BrN4O/c1-8-3-9(5-11(14)4-8)13(19)16-12-10(6-15)7-18(2)17-12/h3-5,7H,1-2H3,(H,16,17,19). The van der Waals surface area contributed by atoms with Gasteiger partial charge in [-0.25, -0.2) is 0 Å². The molecule has 0 atom stereocenters. The van der Waals surface area contributed by atoms with Crippen molar-refractivity contribution < 1.29 is 4.79 Å². The highest BCUT2D eigenvalue weighted by Gasteiger charge is 2.13. The molecule has 0 fully saturated rings. The quantitative estimate of drug-likeness (QED) is 0.925. The number of aromatic nitrogens is 2. The molecule has 0 spiro atoms. The molecule has 2 rings (SSSR count). The van der Waals surface area contributed by atoms with Crippen LogP contribution in [0.2, 0.25) is 0 Å². The third-order valence-corrected chi connectivity index (χ3v) is 2.94. The fourth-order valence-corrected chi connectivity index (χ4v) is 2.32. The molecular weight excluding hydrogens is 308 g/mol. The number of amides is 1. The molecule has 19 heavy (non-hydrogen) atoms. The maximum atomic E-state index is 12.1. The largest absolute Gasteiger partial charge is 0.304 e. The molecule has 1 aromatic carbocycles. The van der Waals surface area contributed by atoms with Crippen LogP contribution in [-0.4, -0.2) is 15.7 Å². The summed E-state index contributed by atoms with van der Waals surface area (Å²) in [5.41, 5.74) is 1.82. The molecule has 6 heteroatoms. The number of carbonyl (C=O) groups excluding carboxylic acids is 1. The Balaban J connectivity index is 2.28. The van der Waals surface area contributed by atoms with E-state index in [0.717, 1.165) is 10.0 Å². The predicted molar refractivity (Wildman–Crippen MR) is 74.8 cm³/mol. The Morgan fingerprint density at radius 1 is 1.47 bits per heavy atom. The van der Waals surface area contributed by atoms with E-state index in [-0.39, 0.29) is 11.7 Å². The second-order valence-corrected chi connectivity index (χ2v) is 5.06. The zero-order valence-electron chi connectivity index (χ0n) is 10.4. The maximum Gasteiger partial charge on any atom is 0.256 e. The van der Waals surface area contributed by atoms with E-state index in [9.17, 15) is 4.79 Å². The maximum absolute atomic E-state index is 12.1. The first-order valence-corrected chi connectivity index (χ1v) is 6.31. The summed E-state index contributed by atoms with van der Waals surface area (Å²) in [6, 6.07) is 7.40. The van der Waals surface area contributed by atoms with Crippen molar-refractivity contribution in [2.45, 2.75) is 6.92 Å². The van der Waals surface area contributed by atoms with E-state index in [1.54, 1.807) is 25.4 Å². The Morgan fingerprint density at radius 3 is 2.84 bits per heavy atom. The van der Waals surface area contributed by atoms with Gasteiger partial charge < -0.3 is 5.32 Å². The van der Waals surface area contributed by atoms with Gasteiger partial charge in [0.1, 0.15) is 11.6 Å².